The van der Waals surface area contributed by atoms with Gasteiger partial charge < -0.3 is 9.53 Å². The van der Waals surface area contributed by atoms with Gasteiger partial charge in [0.05, 0.1) is 0 Å². The van der Waals surface area contributed by atoms with Crippen molar-refractivity contribution in [2.75, 3.05) is 0 Å². The second-order valence-electron chi connectivity index (χ2n) is 5.50. The van der Waals surface area contributed by atoms with Gasteiger partial charge in [-0.25, -0.2) is 4.79 Å². The van der Waals surface area contributed by atoms with Gasteiger partial charge in [-0.1, -0.05) is 75.0 Å². The van der Waals surface area contributed by atoms with E-state index < -0.39 is 5.97 Å². The van der Waals surface area contributed by atoms with Crippen molar-refractivity contribution in [3.8, 4) is 0 Å². The van der Waals surface area contributed by atoms with Crippen molar-refractivity contribution in [1.29, 1.82) is 0 Å². The first kappa shape index (κ1) is 18.4. The Morgan fingerprint density at radius 3 is 2.04 bits per heavy atom. The van der Waals surface area contributed by atoms with Crippen LogP contribution in [0, 0.1) is 0 Å². The maximum absolute atomic E-state index is 11.1. The quantitative estimate of drug-likeness (QED) is 0.618. The van der Waals surface area contributed by atoms with Gasteiger partial charge in [0, 0.05) is 11.5 Å². The zero-order valence-electron chi connectivity index (χ0n) is 13.6. The molecule has 0 aliphatic rings. The summed E-state index contributed by atoms with van der Waals surface area (Å²) >= 11 is 0. The first-order valence-electron chi connectivity index (χ1n) is 7.27. The fraction of sp³-hybridized carbons (Fsp3) is 0.200. The molecule has 0 aromatic heterocycles. The molecular weight excluding hydrogens is 288 g/mol. The van der Waals surface area contributed by atoms with E-state index in [0.717, 1.165) is 5.56 Å². The van der Waals surface area contributed by atoms with Gasteiger partial charge in [0.1, 0.15) is 13.4 Å². The van der Waals surface area contributed by atoms with Crippen LogP contribution in [0.4, 0.5) is 0 Å². The maximum Gasteiger partial charge on any atom is 0.330 e. The number of ether oxygens (including phenoxy) is 1. The van der Waals surface area contributed by atoms with Crippen molar-refractivity contribution in [3.05, 3.63) is 83.9 Å². The highest BCUT2D eigenvalue weighted by molar-refractivity contribution is 5.81. The lowest BCUT2D eigenvalue weighted by molar-refractivity contribution is -0.138. The summed E-state index contributed by atoms with van der Waals surface area (Å²) in [6.45, 7) is 10.1. The zero-order chi connectivity index (χ0) is 17.3. The van der Waals surface area contributed by atoms with E-state index in [1.165, 1.54) is 17.2 Å². The predicted octanol–water partition coefficient (Wildman–Crippen LogP) is 4.06. The molecule has 2 aromatic rings. The Kier molecular flexibility index (Phi) is 6.94. The van der Waals surface area contributed by atoms with E-state index in [-0.39, 0.29) is 12.0 Å². The molecule has 0 aliphatic heterocycles. The van der Waals surface area contributed by atoms with E-state index in [1.807, 2.05) is 25.0 Å². The minimum Gasteiger partial charge on any atom is -0.458 e. The van der Waals surface area contributed by atoms with E-state index >= 15 is 0 Å². The van der Waals surface area contributed by atoms with Crippen LogP contribution < -0.4 is 0 Å². The van der Waals surface area contributed by atoms with Crippen LogP contribution in [-0.4, -0.2) is 12.8 Å². The summed E-state index contributed by atoms with van der Waals surface area (Å²) in [5.41, 5.74) is 3.42. The van der Waals surface area contributed by atoms with Crippen molar-refractivity contribution in [3.63, 3.8) is 0 Å². The standard InChI is InChI=1S/C19H20O2.CH2O/c1-4-18(20)21-14-15-10-12-17(13-11-15)19(2,3)16-8-6-5-7-9-16;1-2/h4-13H,1,14H2,2-3H3;1H2. The van der Waals surface area contributed by atoms with Crippen molar-refractivity contribution in [2.24, 2.45) is 0 Å². The molecule has 0 fully saturated rings. The van der Waals surface area contributed by atoms with Crippen LogP contribution in [0.5, 0.6) is 0 Å². The molecule has 0 unspecified atom stereocenters. The number of carbonyl (C=O) groups is 2. The SMILES string of the molecule is C=CC(=O)OCc1ccc(C(C)(C)c2ccccc2)cc1.C=O. The molecule has 0 amide bonds. The van der Waals surface area contributed by atoms with E-state index in [1.54, 1.807) is 0 Å². The monoisotopic (exact) mass is 310 g/mol. The highest BCUT2D eigenvalue weighted by Gasteiger charge is 2.22. The number of carbonyl (C=O) groups excluding carboxylic acids is 2. The number of benzene rings is 2. The highest BCUT2D eigenvalue weighted by Crippen LogP contribution is 2.31. The maximum atomic E-state index is 11.1. The average Bonchev–Trinajstić information content (AvgIpc) is 2.62. The van der Waals surface area contributed by atoms with Gasteiger partial charge in [-0.05, 0) is 16.7 Å². The molecule has 0 heterocycles. The Labute approximate surface area is 137 Å². The number of rotatable bonds is 5. The largest absolute Gasteiger partial charge is 0.458 e. The van der Waals surface area contributed by atoms with Crippen molar-refractivity contribution < 1.29 is 14.3 Å². The second-order valence-corrected chi connectivity index (χ2v) is 5.50. The summed E-state index contributed by atoms with van der Waals surface area (Å²) in [5.74, 6) is -0.399. The van der Waals surface area contributed by atoms with Crippen LogP contribution in [0.15, 0.2) is 67.3 Å². The van der Waals surface area contributed by atoms with Gasteiger partial charge in [-0.15, -0.1) is 0 Å². The average molecular weight is 310 g/mol. The van der Waals surface area contributed by atoms with E-state index in [2.05, 4.69) is 56.8 Å². The molecule has 3 nitrogen and oxygen atoms in total. The molecule has 0 spiro atoms. The van der Waals surface area contributed by atoms with Crippen LogP contribution in [0.2, 0.25) is 0 Å². The van der Waals surface area contributed by atoms with Crippen molar-refractivity contribution >= 4 is 12.8 Å². The fourth-order valence-corrected chi connectivity index (χ4v) is 2.25. The van der Waals surface area contributed by atoms with Crippen LogP contribution in [0.1, 0.15) is 30.5 Å². The molecule has 0 radical (unpaired) electrons. The highest BCUT2D eigenvalue weighted by atomic mass is 16.5. The van der Waals surface area contributed by atoms with E-state index in [0.29, 0.717) is 0 Å². The van der Waals surface area contributed by atoms with Crippen LogP contribution in [-0.2, 0) is 26.3 Å². The van der Waals surface area contributed by atoms with Crippen LogP contribution >= 0.6 is 0 Å². The Hall–Kier alpha value is -2.68. The molecule has 120 valence electrons. The van der Waals surface area contributed by atoms with Gasteiger partial charge in [0.25, 0.3) is 0 Å². The summed E-state index contributed by atoms with van der Waals surface area (Å²) in [4.78, 5) is 19.1. The van der Waals surface area contributed by atoms with Gasteiger partial charge in [-0.2, -0.15) is 0 Å². The Balaban J connectivity index is 0.00000127. The summed E-state index contributed by atoms with van der Waals surface area (Å²) < 4.78 is 5.03. The molecule has 0 saturated heterocycles. The lowest BCUT2D eigenvalue weighted by Crippen LogP contribution is -2.18. The summed E-state index contributed by atoms with van der Waals surface area (Å²) in [6.07, 6.45) is 1.17. The molecular formula is C20H22O3. The molecule has 3 heteroatoms. The zero-order valence-corrected chi connectivity index (χ0v) is 13.6. The predicted molar refractivity (Wildman–Crippen MR) is 92.1 cm³/mol. The first-order chi connectivity index (χ1) is 11.0. The third-order valence-corrected chi connectivity index (χ3v) is 3.72. The van der Waals surface area contributed by atoms with Gasteiger partial charge >= 0.3 is 5.97 Å². The minimum atomic E-state index is -0.399. The molecule has 0 N–H and O–H groups in total. The molecule has 0 aliphatic carbocycles. The van der Waals surface area contributed by atoms with Gasteiger partial charge in [0.2, 0.25) is 0 Å². The third-order valence-electron chi connectivity index (χ3n) is 3.72. The summed E-state index contributed by atoms with van der Waals surface area (Å²) in [6, 6.07) is 18.6. The minimum absolute atomic E-state index is 0.0580. The first-order valence-corrected chi connectivity index (χ1v) is 7.27. The number of esters is 1. The van der Waals surface area contributed by atoms with E-state index in [4.69, 9.17) is 9.53 Å². The van der Waals surface area contributed by atoms with Crippen molar-refractivity contribution in [1.82, 2.24) is 0 Å². The van der Waals surface area contributed by atoms with Crippen LogP contribution in [0.3, 0.4) is 0 Å². The molecule has 0 saturated carbocycles. The lowest BCUT2D eigenvalue weighted by atomic mass is 9.78. The van der Waals surface area contributed by atoms with Crippen molar-refractivity contribution in [2.45, 2.75) is 25.9 Å². The van der Waals surface area contributed by atoms with E-state index in [9.17, 15) is 4.79 Å². The van der Waals surface area contributed by atoms with Gasteiger partial charge in [-0.3, -0.25) is 0 Å². The second kappa shape index (κ2) is 8.69. The molecule has 0 bridgehead atoms. The molecule has 0 atom stereocenters. The Bertz CT molecular complexity index is 628. The lowest BCUT2D eigenvalue weighted by Gasteiger charge is -2.26. The molecule has 23 heavy (non-hydrogen) atoms. The molecule has 2 aromatic carbocycles. The topological polar surface area (TPSA) is 43.4 Å². The molecule has 2 rings (SSSR count). The normalized spacial score (nSPS) is 10.2. The number of hydrogen-bond donors (Lipinski definition) is 0. The Morgan fingerprint density at radius 2 is 1.52 bits per heavy atom. The summed E-state index contributed by atoms with van der Waals surface area (Å²) in [5, 5.41) is 0. The van der Waals surface area contributed by atoms with Crippen LogP contribution in [0.25, 0.3) is 0 Å². The van der Waals surface area contributed by atoms with Gasteiger partial charge in [0.15, 0.2) is 0 Å². The fourth-order valence-electron chi connectivity index (χ4n) is 2.25. The third kappa shape index (κ3) is 4.92. The Morgan fingerprint density at radius 1 is 1.00 bits per heavy atom. The summed E-state index contributed by atoms with van der Waals surface area (Å²) in [7, 11) is 0. The number of hydrogen-bond acceptors (Lipinski definition) is 3. The smallest absolute Gasteiger partial charge is 0.330 e.